The maximum absolute atomic E-state index is 11.3. The minimum absolute atomic E-state index is 0.0658. The van der Waals surface area contributed by atoms with E-state index in [2.05, 4.69) is 16.4 Å². The van der Waals surface area contributed by atoms with Gasteiger partial charge in [0, 0.05) is 5.57 Å². The van der Waals surface area contributed by atoms with Gasteiger partial charge in [0.15, 0.2) is 0 Å². The minimum Gasteiger partial charge on any atom is -0.593 e. The number of hydrogen-bond donors (Lipinski definition) is 2. The van der Waals surface area contributed by atoms with Crippen molar-refractivity contribution in [1.29, 1.82) is 0 Å². The number of carbonyl (C=O) groups is 2. The van der Waals surface area contributed by atoms with Gasteiger partial charge in [0.2, 0.25) is 0 Å². The van der Waals surface area contributed by atoms with Crippen LogP contribution < -0.4 is 10.6 Å². The molecule has 17 heavy (non-hydrogen) atoms. The number of carbonyl (C=O) groups excluding carboxylic acids is 2. The molecule has 0 aromatic carbocycles. The third kappa shape index (κ3) is 3.57. The number of hydrogen-bond acceptors (Lipinski definition) is 8. The van der Waals surface area contributed by atoms with E-state index >= 15 is 0 Å². The first-order valence-electron chi connectivity index (χ1n) is 4.34. The summed E-state index contributed by atoms with van der Waals surface area (Å²) in [5, 5.41) is 6.44. The molecule has 0 aromatic heterocycles. The lowest BCUT2D eigenvalue weighted by Crippen LogP contribution is -2.55. The predicted octanol–water partition coefficient (Wildman–Crippen LogP) is -1.30. The second kappa shape index (κ2) is 5.83. The highest BCUT2D eigenvalue weighted by Crippen LogP contribution is 2.31. The molecule has 0 rings (SSSR count). The summed E-state index contributed by atoms with van der Waals surface area (Å²) < 4.78 is 10.8. The predicted molar refractivity (Wildman–Crippen MR) is 53.2 cm³/mol. The van der Waals surface area contributed by atoms with E-state index in [1.165, 1.54) is 6.92 Å². The highest BCUT2D eigenvalue weighted by atomic mass is 31.1. The van der Waals surface area contributed by atoms with Crippen molar-refractivity contribution in [1.82, 2.24) is 0 Å². The van der Waals surface area contributed by atoms with Crippen molar-refractivity contribution < 1.29 is 33.9 Å². The van der Waals surface area contributed by atoms with E-state index in [1.54, 1.807) is 0 Å². The summed E-state index contributed by atoms with van der Waals surface area (Å²) in [5.41, 5.74) is 5.09. The molecule has 0 saturated carbocycles. The summed E-state index contributed by atoms with van der Waals surface area (Å²) in [5.74, 6) is -2.66. The van der Waals surface area contributed by atoms with Gasteiger partial charge in [-0.2, -0.15) is 0 Å². The smallest absolute Gasteiger partial charge is 0.426 e. The number of nitrogens with two attached hydrogens (primary N) is 1. The Morgan fingerprint density at radius 1 is 1.53 bits per heavy atom. The van der Waals surface area contributed by atoms with Crippen molar-refractivity contribution in [3.05, 3.63) is 12.2 Å². The normalized spacial score (nSPS) is 16.4. The maximum atomic E-state index is 11.3. The molecule has 0 spiro atoms. The van der Waals surface area contributed by atoms with Crippen molar-refractivity contribution >= 4 is 20.0 Å². The first kappa shape index (κ1) is 15.7. The largest absolute Gasteiger partial charge is 0.593 e. The van der Waals surface area contributed by atoms with Gasteiger partial charge < -0.3 is 10.00 Å². The van der Waals surface area contributed by atoms with E-state index in [0.717, 1.165) is 6.92 Å². The lowest BCUT2D eigenvalue weighted by molar-refractivity contribution is -0.261. The van der Waals surface area contributed by atoms with Crippen molar-refractivity contribution in [3.8, 4) is 0 Å². The number of rotatable bonds is 4. The molecule has 9 heteroatoms. The molecule has 0 amide bonds. The van der Waals surface area contributed by atoms with Crippen LogP contribution in [0.25, 0.3) is 0 Å². The standard InChI is InChI=1S/C8H12NO7P/c1-4(2)6(11)15-16-7(12)8(9,5(3)10)17(13)14/h5,10H,1,9H2,2-3H3. The van der Waals surface area contributed by atoms with Gasteiger partial charge in [-0.3, -0.25) is 5.73 Å². The molecule has 3 unspecified atom stereocenters. The van der Waals surface area contributed by atoms with Crippen LogP contribution in [0.1, 0.15) is 13.8 Å². The van der Waals surface area contributed by atoms with Gasteiger partial charge >= 0.3 is 25.2 Å². The molecular weight excluding hydrogens is 253 g/mol. The van der Waals surface area contributed by atoms with E-state index in [4.69, 9.17) is 10.8 Å². The molecule has 0 saturated heterocycles. The molecule has 0 heterocycles. The number of aliphatic hydroxyl groups excluding tert-OH is 1. The Bertz CT molecular complexity index is 367. The van der Waals surface area contributed by atoms with Crippen LogP contribution in [0.5, 0.6) is 0 Å². The van der Waals surface area contributed by atoms with Crippen molar-refractivity contribution in [2.75, 3.05) is 0 Å². The quantitative estimate of drug-likeness (QED) is 0.277. The molecule has 3 atom stereocenters. The Hall–Kier alpha value is -1.34. The Kier molecular flexibility index (Phi) is 5.37. The molecule has 0 aliphatic rings. The van der Waals surface area contributed by atoms with Crippen molar-refractivity contribution in [3.63, 3.8) is 0 Å². The highest BCUT2D eigenvalue weighted by molar-refractivity contribution is 7.40. The highest BCUT2D eigenvalue weighted by Gasteiger charge is 2.55. The molecule has 0 aromatic rings. The zero-order chi connectivity index (χ0) is 13.8. The van der Waals surface area contributed by atoms with Gasteiger partial charge in [0.05, 0.1) is 0 Å². The maximum Gasteiger partial charge on any atom is 0.426 e. The van der Waals surface area contributed by atoms with Crippen LogP contribution in [0.4, 0.5) is 0 Å². The molecule has 0 radical (unpaired) electrons. The van der Waals surface area contributed by atoms with Crippen LogP contribution >= 0.6 is 8.03 Å². The monoisotopic (exact) mass is 265 g/mol. The van der Waals surface area contributed by atoms with Crippen LogP contribution in [0.2, 0.25) is 0 Å². The molecule has 0 fully saturated rings. The first-order valence-corrected chi connectivity index (χ1v) is 5.52. The second-order valence-corrected chi connectivity index (χ2v) is 4.53. The van der Waals surface area contributed by atoms with Gasteiger partial charge in [-0.25, -0.2) is 19.4 Å². The summed E-state index contributed by atoms with van der Waals surface area (Å²) in [6.07, 6.45) is -1.74. The number of aliphatic hydroxyl groups is 1. The average Bonchev–Trinajstić information content (AvgIpc) is 2.22. The van der Waals surface area contributed by atoms with E-state index in [9.17, 15) is 19.0 Å². The van der Waals surface area contributed by atoms with Crippen LogP contribution in [0, 0.1) is 0 Å². The molecule has 0 aliphatic heterocycles. The summed E-state index contributed by atoms with van der Waals surface area (Å²) >= 11 is 0. The Morgan fingerprint density at radius 2 is 2.00 bits per heavy atom. The van der Waals surface area contributed by atoms with Crippen molar-refractivity contribution in [2.24, 2.45) is 5.73 Å². The second-order valence-electron chi connectivity index (χ2n) is 3.28. The molecule has 3 N–H and O–H groups in total. The Morgan fingerprint density at radius 3 is 2.29 bits per heavy atom. The topological polar surface area (TPSA) is 139 Å². The van der Waals surface area contributed by atoms with Gasteiger partial charge in [-0.15, -0.1) is 0 Å². The van der Waals surface area contributed by atoms with Gasteiger partial charge in [0.25, 0.3) is 0 Å². The summed E-state index contributed by atoms with van der Waals surface area (Å²) in [7, 11) is -3.53. The fourth-order valence-electron chi connectivity index (χ4n) is 0.611. The van der Waals surface area contributed by atoms with Crippen LogP contribution in [0.15, 0.2) is 12.2 Å². The fraction of sp³-hybridized carbons (Fsp3) is 0.500. The van der Waals surface area contributed by atoms with E-state index in [0.29, 0.717) is 0 Å². The minimum atomic E-state index is -3.53. The lowest BCUT2D eigenvalue weighted by Gasteiger charge is -2.19. The lowest BCUT2D eigenvalue weighted by atomic mass is 10.2. The van der Waals surface area contributed by atoms with Gasteiger partial charge in [-0.1, -0.05) is 11.1 Å². The molecule has 8 nitrogen and oxygen atoms in total. The van der Waals surface area contributed by atoms with E-state index < -0.39 is 31.4 Å². The third-order valence-electron chi connectivity index (χ3n) is 1.81. The summed E-state index contributed by atoms with van der Waals surface area (Å²) in [6.45, 7) is 5.46. The molecular formula is C8H12NO7P. The molecule has 96 valence electrons. The molecule has 0 aliphatic carbocycles. The Balaban J connectivity index is 4.74. The average molecular weight is 265 g/mol. The van der Waals surface area contributed by atoms with Crippen LogP contribution in [-0.4, -0.2) is 28.4 Å². The van der Waals surface area contributed by atoms with Crippen LogP contribution in [-0.2, 0) is 23.9 Å². The summed E-state index contributed by atoms with van der Waals surface area (Å²) in [6, 6.07) is 0. The van der Waals surface area contributed by atoms with Crippen molar-refractivity contribution in [2.45, 2.75) is 25.2 Å². The summed E-state index contributed by atoms with van der Waals surface area (Å²) in [4.78, 5) is 40.8. The zero-order valence-corrected chi connectivity index (χ0v) is 10.1. The van der Waals surface area contributed by atoms with Crippen LogP contribution in [0.3, 0.4) is 0 Å². The first-order chi connectivity index (χ1) is 7.63. The Labute approximate surface area is 97.8 Å². The van der Waals surface area contributed by atoms with E-state index in [1.807, 2.05) is 0 Å². The van der Waals surface area contributed by atoms with Gasteiger partial charge in [0.1, 0.15) is 6.10 Å². The molecule has 0 bridgehead atoms. The SMILES string of the molecule is C=C(C)C(=O)OOC(=O)C(N)(C(C)O)[P+](=O)[O-]. The fourth-order valence-corrected chi connectivity index (χ4v) is 1.10. The van der Waals surface area contributed by atoms with E-state index in [-0.39, 0.29) is 5.57 Å². The van der Waals surface area contributed by atoms with Gasteiger partial charge in [-0.05, 0) is 13.8 Å². The third-order valence-corrected chi connectivity index (χ3v) is 2.97. The zero-order valence-electron chi connectivity index (χ0n) is 9.21.